The molecule has 19 heavy (non-hydrogen) atoms. The first kappa shape index (κ1) is 13.9. The lowest BCUT2D eigenvalue weighted by molar-refractivity contribution is 0.0691. The Morgan fingerprint density at radius 2 is 2.21 bits per heavy atom. The zero-order valence-electron chi connectivity index (χ0n) is 11.4. The second-order valence-electron chi connectivity index (χ2n) is 5.14. The number of carboxylic acids is 1. The zero-order chi connectivity index (χ0) is 13.8. The van der Waals surface area contributed by atoms with Crippen molar-refractivity contribution in [2.45, 2.75) is 25.4 Å². The molecule has 0 unspecified atom stereocenters. The molecule has 2 rings (SSSR count). The van der Waals surface area contributed by atoms with Crippen LogP contribution in [-0.4, -0.2) is 64.1 Å². The Hall–Kier alpha value is -1.53. The standard InChI is InChI=1S/C13H20N4O2/c1-16-5-3-10(4-6-16)17(2)8-12-11(13(18)19)7-14-9-15-12/h7,9-10H,3-6,8H2,1-2H3,(H,18,19). The van der Waals surface area contributed by atoms with Crippen LogP contribution in [0.5, 0.6) is 0 Å². The predicted molar refractivity (Wildman–Crippen MR) is 71.0 cm³/mol. The molecular weight excluding hydrogens is 244 g/mol. The van der Waals surface area contributed by atoms with E-state index in [1.54, 1.807) is 0 Å². The molecule has 0 bridgehead atoms. The number of hydrogen-bond donors (Lipinski definition) is 1. The van der Waals surface area contributed by atoms with Gasteiger partial charge < -0.3 is 10.0 Å². The fraction of sp³-hybridized carbons (Fsp3) is 0.615. The van der Waals surface area contributed by atoms with Gasteiger partial charge in [0.05, 0.1) is 5.69 Å². The van der Waals surface area contributed by atoms with Gasteiger partial charge in [-0.3, -0.25) is 4.90 Å². The van der Waals surface area contributed by atoms with E-state index in [1.165, 1.54) is 12.5 Å². The molecule has 0 aliphatic carbocycles. The molecule has 1 aliphatic heterocycles. The lowest BCUT2D eigenvalue weighted by Crippen LogP contribution is -2.41. The number of carboxylic acid groups (broad SMARTS) is 1. The molecule has 104 valence electrons. The largest absolute Gasteiger partial charge is 0.478 e. The molecule has 1 fully saturated rings. The minimum absolute atomic E-state index is 0.197. The number of carbonyl (C=O) groups is 1. The number of nitrogens with zero attached hydrogens (tertiary/aromatic N) is 4. The summed E-state index contributed by atoms with van der Waals surface area (Å²) in [5.41, 5.74) is 0.784. The highest BCUT2D eigenvalue weighted by Crippen LogP contribution is 2.17. The van der Waals surface area contributed by atoms with Gasteiger partial charge in [0.25, 0.3) is 0 Å². The lowest BCUT2D eigenvalue weighted by atomic mass is 10.0. The van der Waals surface area contributed by atoms with Crippen molar-refractivity contribution in [1.29, 1.82) is 0 Å². The summed E-state index contributed by atoms with van der Waals surface area (Å²) in [4.78, 5) is 23.5. The van der Waals surface area contributed by atoms with Gasteiger partial charge >= 0.3 is 5.97 Å². The van der Waals surface area contributed by atoms with Crippen molar-refractivity contribution in [3.05, 3.63) is 23.8 Å². The Morgan fingerprint density at radius 1 is 1.53 bits per heavy atom. The molecule has 1 aromatic rings. The second-order valence-corrected chi connectivity index (χ2v) is 5.14. The quantitative estimate of drug-likeness (QED) is 0.863. The van der Waals surface area contributed by atoms with Crippen LogP contribution in [0.1, 0.15) is 28.9 Å². The molecule has 2 heterocycles. The summed E-state index contributed by atoms with van der Waals surface area (Å²) in [7, 11) is 4.16. The molecule has 0 spiro atoms. The molecule has 0 amide bonds. The molecule has 1 saturated heterocycles. The van der Waals surface area contributed by atoms with Gasteiger partial charge in [0, 0.05) is 18.8 Å². The van der Waals surface area contributed by atoms with E-state index in [2.05, 4.69) is 26.8 Å². The van der Waals surface area contributed by atoms with Gasteiger partial charge in [-0.2, -0.15) is 0 Å². The average molecular weight is 264 g/mol. The van der Waals surface area contributed by atoms with E-state index >= 15 is 0 Å². The Balaban J connectivity index is 2.02. The fourth-order valence-corrected chi connectivity index (χ4v) is 2.46. The minimum Gasteiger partial charge on any atom is -0.478 e. The highest BCUT2D eigenvalue weighted by Gasteiger charge is 2.22. The molecule has 6 heteroatoms. The molecular formula is C13H20N4O2. The lowest BCUT2D eigenvalue weighted by Gasteiger charge is -2.35. The number of piperidine rings is 1. The Morgan fingerprint density at radius 3 is 2.84 bits per heavy atom. The van der Waals surface area contributed by atoms with E-state index < -0.39 is 5.97 Å². The van der Waals surface area contributed by atoms with Crippen LogP contribution < -0.4 is 0 Å². The molecule has 1 N–H and O–H groups in total. The van der Waals surface area contributed by atoms with E-state index in [4.69, 9.17) is 5.11 Å². The molecule has 1 aromatic heterocycles. The third-order valence-electron chi connectivity index (χ3n) is 3.74. The first-order valence-electron chi connectivity index (χ1n) is 6.49. The van der Waals surface area contributed by atoms with E-state index in [-0.39, 0.29) is 5.56 Å². The van der Waals surface area contributed by atoms with Crippen molar-refractivity contribution in [3.8, 4) is 0 Å². The van der Waals surface area contributed by atoms with E-state index in [0.29, 0.717) is 18.3 Å². The van der Waals surface area contributed by atoms with Gasteiger partial charge in [0.15, 0.2) is 0 Å². The number of hydrogen-bond acceptors (Lipinski definition) is 5. The summed E-state index contributed by atoms with van der Waals surface area (Å²) in [6, 6.07) is 0.493. The smallest absolute Gasteiger partial charge is 0.339 e. The molecule has 0 atom stereocenters. The third kappa shape index (κ3) is 3.48. The van der Waals surface area contributed by atoms with Crippen LogP contribution >= 0.6 is 0 Å². The van der Waals surface area contributed by atoms with Crippen LogP contribution in [0.4, 0.5) is 0 Å². The summed E-state index contributed by atoms with van der Waals surface area (Å²) >= 11 is 0. The maximum Gasteiger partial charge on any atom is 0.339 e. The van der Waals surface area contributed by atoms with Gasteiger partial charge in [0.2, 0.25) is 0 Å². The Bertz CT molecular complexity index is 444. The summed E-state index contributed by atoms with van der Waals surface area (Å²) in [6.45, 7) is 2.73. The molecule has 6 nitrogen and oxygen atoms in total. The van der Waals surface area contributed by atoms with Gasteiger partial charge in [-0.15, -0.1) is 0 Å². The summed E-state index contributed by atoms with van der Waals surface area (Å²) in [5.74, 6) is -0.965. The van der Waals surface area contributed by atoms with Crippen LogP contribution in [0.25, 0.3) is 0 Å². The third-order valence-corrected chi connectivity index (χ3v) is 3.74. The summed E-state index contributed by atoms with van der Waals surface area (Å²) in [6.07, 6.45) is 5.00. The van der Waals surface area contributed by atoms with Gasteiger partial charge in [-0.05, 0) is 40.0 Å². The Labute approximate surface area is 113 Å². The minimum atomic E-state index is -0.965. The first-order chi connectivity index (χ1) is 9.08. The molecule has 0 saturated carbocycles. The van der Waals surface area contributed by atoms with Crippen molar-refractivity contribution in [1.82, 2.24) is 19.8 Å². The molecule has 1 aliphatic rings. The van der Waals surface area contributed by atoms with Crippen molar-refractivity contribution >= 4 is 5.97 Å². The zero-order valence-corrected chi connectivity index (χ0v) is 11.4. The fourth-order valence-electron chi connectivity index (χ4n) is 2.46. The van der Waals surface area contributed by atoms with Crippen molar-refractivity contribution in [2.24, 2.45) is 0 Å². The maximum absolute atomic E-state index is 11.1. The highest BCUT2D eigenvalue weighted by atomic mass is 16.4. The van der Waals surface area contributed by atoms with Crippen LogP contribution in [0.15, 0.2) is 12.5 Å². The van der Waals surface area contributed by atoms with Crippen LogP contribution in [0.3, 0.4) is 0 Å². The number of aromatic carboxylic acids is 1. The van der Waals surface area contributed by atoms with Gasteiger partial charge in [-0.1, -0.05) is 0 Å². The number of aromatic nitrogens is 2. The molecule has 0 aromatic carbocycles. The normalized spacial score (nSPS) is 17.8. The highest BCUT2D eigenvalue weighted by molar-refractivity contribution is 5.88. The van der Waals surface area contributed by atoms with Crippen LogP contribution in [0, 0.1) is 0 Å². The predicted octanol–water partition coefficient (Wildman–Crippen LogP) is 0.701. The average Bonchev–Trinajstić information content (AvgIpc) is 2.39. The molecule has 0 radical (unpaired) electrons. The second kappa shape index (κ2) is 6.08. The van der Waals surface area contributed by atoms with E-state index in [9.17, 15) is 4.79 Å². The van der Waals surface area contributed by atoms with Crippen LogP contribution in [-0.2, 0) is 6.54 Å². The first-order valence-corrected chi connectivity index (χ1v) is 6.49. The van der Waals surface area contributed by atoms with Crippen molar-refractivity contribution < 1.29 is 9.90 Å². The number of rotatable bonds is 4. The van der Waals surface area contributed by atoms with Crippen molar-refractivity contribution in [2.75, 3.05) is 27.2 Å². The topological polar surface area (TPSA) is 69.6 Å². The SMILES string of the molecule is CN1CCC(N(C)Cc2ncncc2C(=O)O)CC1. The van der Waals surface area contributed by atoms with Gasteiger partial charge in [-0.25, -0.2) is 14.8 Å². The van der Waals surface area contributed by atoms with Crippen LogP contribution in [0.2, 0.25) is 0 Å². The summed E-state index contributed by atoms with van der Waals surface area (Å²) < 4.78 is 0. The number of likely N-dealkylation sites (tertiary alicyclic amines) is 1. The van der Waals surface area contributed by atoms with E-state index in [1.807, 2.05) is 7.05 Å². The monoisotopic (exact) mass is 264 g/mol. The van der Waals surface area contributed by atoms with Crippen molar-refractivity contribution in [3.63, 3.8) is 0 Å². The maximum atomic E-state index is 11.1. The van der Waals surface area contributed by atoms with E-state index in [0.717, 1.165) is 25.9 Å². The Kier molecular flexibility index (Phi) is 4.44. The summed E-state index contributed by atoms with van der Waals surface area (Å²) in [5, 5.41) is 9.12. The van der Waals surface area contributed by atoms with Gasteiger partial charge in [0.1, 0.15) is 11.9 Å².